The summed E-state index contributed by atoms with van der Waals surface area (Å²) in [5.74, 6) is 1.88. The van der Waals surface area contributed by atoms with Crippen LogP contribution < -0.4 is 14.2 Å². The SMILES string of the molecule is COc1cccc(S(=O)(=O)N2CCN(C3=Nc4cc(C(F)(F)F)ccc4Oc4ccc(OC)cc43)C[C@H]2C)c1. The Labute approximate surface area is 224 Å². The zero-order chi connectivity index (χ0) is 27.9. The van der Waals surface area contributed by atoms with E-state index in [1.807, 2.05) is 4.90 Å². The number of amidine groups is 1. The minimum Gasteiger partial charge on any atom is -0.497 e. The second-order valence-electron chi connectivity index (χ2n) is 9.17. The molecule has 2 aliphatic heterocycles. The van der Waals surface area contributed by atoms with Crippen LogP contribution in [-0.4, -0.2) is 63.4 Å². The van der Waals surface area contributed by atoms with Gasteiger partial charge in [0.1, 0.15) is 28.8 Å². The summed E-state index contributed by atoms with van der Waals surface area (Å²) in [4.78, 5) is 6.61. The quantitative estimate of drug-likeness (QED) is 0.430. The van der Waals surface area contributed by atoms with Crippen molar-refractivity contribution < 1.29 is 35.8 Å². The summed E-state index contributed by atoms with van der Waals surface area (Å²) in [6.07, 6.45) is -4.55. The third kappa shape index (κ3) is 5.13. The van der Waals surface area contributed by atoms with Gasteiger partial charge in [-0.1, -0.05) is 6.07 Å². The molecule has 0 saturated carbocycles. The van der Waals surface area contributed by atoms with Gasteiger partial charge in [-0.05, 0) is 55.5 Å². The fourth-order valence-corrected chi connectivity index (χ4v) is 6.34. The number of aliphatic imine (C=N–C) groups is 1. The van der Waals surface area contributed by atoms with Crippen molar-refractivity contribution in [2.45, 2.75) is 24.0 Å². The fraction of sp³-hybridized carbons (Fsp3) is 0.296. The first-order valence-electron chi connectivity index (χ1n) is 12.1. The van der Waals surface area contributed by atoms with Crippen LogP contribution in [0.15, 0.2) is 70.6 Å². The number of rotatable bonds is 4. The predicted octanol–water partition coefficient (Wildman–Crippen LogP) is 5.30. The molecule has 8 nitrogen and oxygen atoms in total. The molecule has 3 aromatic rings. The molecule has 0 unspecified atom stereocenters. The summed E-state index contributed by atoms with van der Waals surface area (Å²) in [5.41, 5.74) is -0.302. The van der Waals surface area contributed by atoms with Gasteiger partial charge in [-0.2, -0.15) is 17.5 Å². The lowest BCUT2D eigenvalue weighted by Crippen LogP contribution is -2.55. The molecule has 1 atom stereocenters. The van der Waals surface area contributed by atoms with Crippen LogP contribution in [0.2, 0.25) is 0 Å². The van der Waals surface area contributed by atoms with E-state index < -0.39 is 27.8 Å². The van der Waals surface area contributed by atoms with Crippen molar-refractivity contribution in [3.8, 4) is 23.0 Å². The zero-order valence-electron chi connectivity index (χ0n) is 21.4. The summed E-state index contributed by atoms with van der Waals surface area (Å²) >= 11 is 0. The van der Waals surface area contributed by atoms with Crippen LogP contribution in [0.1, 0.15) is 18.1 Å². The summed E-state index contributed by atoms with van der Waals surface area (Å²) in [7, 11) is -0.860. The molecule has 0 N–H and O–H groups in total. The minimum absolute atomic E-state index is 0.0223. The minimum atomic E-state index is -4.55. The number of benzene rings is 3. The van der Waals surface area contributed by atoms with Crippen LogP contribution in [0, 0.1) is 0 Å². The summed E-state index contributed by atoms with van der Waals surface area (Å²) in [6, 6.07) is 14.0. The first-order valence-corrected chi connectivity index (χ1v) is 13.5. The largest absolute Gasteiger partial charge is 0.497 e. The number of alkyl halides is 3. The molecule has 1 fully saturated rings. The van der Waals surface area contributed by atoms with E-state index in [2.05, 4.69) is 4.99 Å². The van der Waals surface area contributed by atoms with Gasteiger partial charge in [-0.25, -0.2) is 13.4 Å². The third-order valence-electron chi connectivity index (χ3n) is 6.67. The monoisotopic (exact) mass is 561 g/mol. The Bertz CT molecular complexity index is 1540. The Balaban J connectivity index is 1.52. The maximum absolute atomic E-state index is 13.5. The maximum Gasteiger partial charge on any atom is 0.416 e. The standard InChI is InChI=1S/C27H26F3N3O5S/c1-17-16-32(11-12-33(17)39(34,35)21-6-4-5-19(14-21)36-2)26-22-15-20(37-3)8-10-24(22)38-25-9-7-18(27(28,29)30)13-23(25)31-26/h4-10,13-15,17H,11-12,16H2,1-3H3/t17-/m1/s1. The lowest BCUT2D eigenvalue weighted by molar-refractivity contribution is -0.137. The van der Waals surface area contributed by atoms with Crippen molar-refractivity contribution in [1.82, 2.24) is 9.21 Å². The first-order chi connectivity index (χ1) is 18.5. The van der Waals surface area contributed by atoms with Crippen LogP contribution in [0.5, 0.6) is 23.0 Å². The zero-order valence-corrected chi connectivity index (χ0v) is 22.2. The lowest BCUT2D eigenvalue weighted by atomic mass is 10.1. The van der Waals surface area contributed by atoms with E-state index in [0.29, 0.717) is 28.6 Å². The van der Waals surface area contributed by atoms with Gasteiger partial charge in [0.25, 0.3) is 0 Å². The van der Waals surface area contributed by atoms with Gasteiger partial charge in [0.2, 0.25) is 10.0 Å². The van der Waals surface area contributed by atoms with E-state index in [1.165, 1.54) is 36.7 Å². The number of halogens is 3. The second kappa shape index (κ2) is 10.1. The molecular formula is C27H26F3N3O5S. The molecule has 0 bridgehead atoms. The molecule has 2 heterocycles. The van der Waals surface area contributed by atoms with Gasteiger partial charge < -0.3 is 19.1 Å². The molecule has 0 spiro atoms. The van der Waals surface area contributed by atoms with E-state index in [-0.39, 0.29) is 36.0 Å². The number of ether oxygens (including phenoxy) is 3. The van der Waals surface area contributed by atoms with Gasteiger partial charge in [0.05, 0.1) is 30.2 Å². The van der Waals surface area contributed by atoms with Crippen molar-refractivity contribution in [3.05, 3.63) is 71.8 Å². The van der Waals surface area contributed by atoms with E-state index in [9.17, 15) is 21.6 Å². The van der Waals surface area contributed by atoms with Crippen LogP contribution in [0.25, 0.3) is 0 Å². The molecule has 1 saturated heterocycles. The highest BCUT2D eigenvalue weighted by atomic mass is 32.2. The number of methoxy groups -OCH3 is 2. The predicted molar refractivity (Wildman–Crippen MR) is 139 cm³/mol. The highest BCUT2D eigenvalue weighted by Crippen LogP contribution is 2.42. The number of piperazine rings is 1. The Morgan fingerprint density at radius 1 is 0.949 bits per heavy atom. The fourth-order valence-electron chi connectivity index (χ4n) is 4.69. The van der Waals surface area contributed by atoms with Gasteiger partial charge in [0, 0.05) is 31.7 Å². The number of fused-ring (bicyclic) bond motifs is 2. The van der Waals surface area contributed by atoms with E-state index >= 15 is 0 Å². The summed E-state index contributed by atoms with van der Waals surface area (Å²) in [5, 5.41) is 0. The van der Waals surface area contributed by atoms with E-state index in [4.69, 9.17) is 14.2 Å². The van der Waals surface area contributed by atoms with Crippen molar-refractivity contribution >= 4 is 21.5 Å². The molecule has 3 aromatic carbocycles. The van der Waals surface area contributed by atoms with Crippen molar-refractivity contribution in [2.24, 2.45) is 4.99 Å². The van der Waals surface area contributed by atoms with Crippen LogP contribution in [0.3, 0.4) is 0 Å². The van der Waals surface area contributed by atoms with Crippen molar-refractivity contribution in [1.29, 1.82) is 0 Å². The molecule has 39 heavy (non-hydrogen) atoms. The average Bonchev–Trinajstić information content (AvgIpc) is 3.08. The number of hydrogen-bond acceptors (Lipinski definition) is 7. The smallest absolute Gasteiger partial charge is 0.416 e. The van der Waals surface area contributed by atoms with Crippen molar-refractivity contribution in [2.75, 3.05) is 33.9 Å². The number of hydrogen-bond donors (Lipinski definition) is 0. The van der Waals surface area contributed by atoms with Crippen LogP contribution >= 0.6 is 0 Å². The Hall–Kier alpha value is -3.77. The van der Waals surface area contributed by atoms with Crippen LogP contribution in [0.4, 0.5) is 18.9 Å². The maximum atomic E-state index is 13.5. The van der Waals surface area contributed by atoms with E-state index in [1.54, 1.807) is 37.3 Å². The lowest BCUT2D eigenvalue weighted by Gasteiger charge is -2.40. The number of nitrogens with zero attached hydrogens (tertiary/aromatic N) is 3. The Kier molecular flexibility index (Phi) is 6.93. The average molecular weight is 562 g/mol. The van der Waals surface area contributed by atoms with Gasteiger partial charge in [-0.15, -0.1) is 0 Å². The summed E-state index contributed by atoms with van der Waals surface area (Å²) < 4.78 is 85.3. The highest BCUT2D eigenvalue weighted by molar-refractivity contribution is 7.89. The van der Waals surface area contributed by atoms with Gasteiger partial charge in [-0.3, -0.25) is 0 Å². The van der Waals surface area contributed by atoms with E-state index in [0.717, 1.165) is 12.1 Å². The molecular weight excluding hydrogens is 535 g/mol. The Morgan fingerprint density at radius 3 is 2.36 bits per heavy atom. The van der Waals surface area contributed by atoms with Crippen LogP contribution in [-0.2, 0) is 16.2 Å². The molecule has 0 radical (unpaired) electrons. The first kappa shape index (κ1) is 26.8. The molecule has 12 heteroatoms. The molecule has 206 valence electrons. The molecule has 0 amide bonds. The molecule has 0 aromatic heterocycles. The molecule has 5 rings (SSSR count). The second-order valence-corrected chi connectivity index (χ2v) is 11.1. The molecule has 0 aliphatic carbocycles. The van der Waals surface area contributed by atoms with Gasteiger partial charge >= 0.3 is 6.18 Å². The summed E-state index contributed by atoms with van der Waals surface area (Å²) in [6.45, 7) is 2.40. The van der Waals surface area contributed by atoms with Crippen molar-refractivity contribution in [3.63, 3.8) is 0 Å². The number of sulfonamides is 1. The molecule has 2 aliphatic rings. The highest BCUT2D eigenvalue weighted by Gasteiger charge is 2.37. The van der Waals surface area contributed by atoms with Gasteiger partial charge in [0.15, 0.2) is 5.75 Å². The third-order valence-corrected chi connectivity index (χ3v) is 8.68. The normalized spacial score (nSPS) is 17.8. The topological polar surface area (TPSA) is 80.7 Å². The Morgan fingerprint density at radius 2 is 1.67 bits per heavy atom.